The van der Waals surface area contributed by atoms with E-state index in [-0.39, 0.29) is 0 Å². The Kier molecular flexibility index (Phi) is 3.27. The lowest BCUT2D eigenvalue weighted by Crippen LogP contribution is -1.82. The monoisotopic (exact) mass is 289 g/mol. The van der Waals surface area contributed by atoms with Gasteiger partial charge in [-0.25, -0.2) is 0 Å². The van der Waals surface area contributed by atoms with Gasteiger partial charge in [0.1, 0.15) is 10.8 Å². The zero-order valence-electron chi connectivity index (χ0n) is 9.91. The molecule has 0 fully saturated rings. The van der Waals surface area contributed by atoms with Crippen LogP contribution in [0.4, 0.5) is 5.13 Å². The Morgan fingerprint density at radius 3 is 2.63 bits per heavy atom. The molecule has 0 aliphatic rings. The van der Waals surface area contributed by atoms with Crippen molar-refractivity contribution in [2.45, 2.75) is 10.6 Å². The third-order valence-electron chi connectivity index (χ3n) is 2.69. The smallest absolute Gasteiger partial charge is 0.203 e. The van der Waals surface area contributed by atoms with E-state index in [4.69, 9.17) is 5.73 Å². The summed E-state index contributed by atoms with van der Waals surface area (Å²) in [6.45, 7) is 0. The van der Waals surface area contributed by atoms with Gasteiger partial charge in [0, 0.05) is 10.3 Å². The Hall–Kier alpha value is -1.79. The van der Waals surface area contributed by atoms with Gasteiger partial charge in [-0.1, -0.05) is 35.6 Å². The first kappa shape index (κ1) is 12.3. The molecule has 0 radical (unpaired) electrons. The first-order valence-corrected chi connectivity index (χ1v) is 7.45. The standard InChI is InChI=1S/C13H11N3OS2/c14-13-16-15-12(19-13)7-18-11-6-5-10(17)8-3-1-2-4-9(8)11/h1-6,17H,7H2,(H2,14,16). The maximum Gasteiger partial charge on any atom is 0.203 e. The van der Waals surface area contributed by atoms with E-state index in [9.17, 15) is 5.11 Å². The van der Waals surface area contributed by atoms with Gasteiger partial charge in [-0.05, 0) is 17.5 Å². The van der Waals surface area contributed by atoms with Gasteiger partial charge in [-0.15, -0.1) is 22.0 Å². The lowest BCUT2D eigenvalue weighted by atomic mass is 10.1. The number of hydrogen-bond acceptors (Lipinski definition) is 6. The van der Waals surface area contributed by atoms with Crippen molar-refractivity contribution in [1.82, 2.24) is 10.2 Å². The molecule has 3 rings (SSSR count). The van der Waals surface area contributed by atoms with Crippen LogP contribution in [0, 0.1) is 0 Å². The minimum Gasteiger partial charge on any atom is -0.507 e. The molecule has 0 saturated carbocycles. The van der Waals surface area contributed by atoms with Crippen molar-refractivity contribution in [2.24, 2.45) is 0 Å². The van der Waals surface area contributed by atoms with Gasteiger partial charge in [0.15, 0.2) is 0 Å². The molecule has 96 valence electrons. The van der Waals surface area contributed by atoms with Crippen molar-refractivity contribution in [1.29, 1.82) is 0 Å². The zero-order valence-corrected chi connectivity index (χ0v) is 11.5. The van der Waals surface area contributed by atoms with Crippen LogP contribution in [-0.2, 0) is 5.75 Å². The number of fused-ring (bicyclic) bond motifs is 1. The quantitative estimate of drug-likeness (QED) is 0.724. The summed E-state index contributed by atoms with van der Waals surface area (Å²) in [5.41, 5.74) is 5.56. The molecule has 0 amide bonds. The summed E-state index contributed by atoms with van der Waals surface area (Å²) in [6, 6.07) is 11.5. The van der Waals surface area contributed by atoms with E-state index in [0.717, 1.165) is 26.4 Å². The minimum atomic E-state index is 0.306. The third kappa shape index (κ3) is 2.50. The van der Waals surface area contributed by atoms with E-state index in [1.54, 1.807) is 17.8 Å². The second kappa shape index (κ2) is 5.07. The first-order chi connectivity index (χ1) is 9.24. The van der Waals surface area contributed by atoms with E-state index in [0.29, 0.717) is 10.9 Å². The molecule has 6 heteroatoms. The SMILES string of the molecule is Nc1nnc(CSc2ccc(O)c3ccccc23)s1. The maximum atomic E-state index is 9.84. The number of nitrogens with zero attached hydrogens (tertiary/aromatic N) is 2. The number of hydrogen-bond donors (Lipinski definition) is 2. The molecule has 0 aliphatic heterocycles. The van der Waals surface area contributed by atoms with Gasteiger partial charge < -0.3 is 10.8 Å². The summed E-state index contributed by atoms with van der Waals surface area (Å²) in [7, 11) is 0. The van der Waals surface area contributed by atoms with E-state index in [1.165, 1.54) is 11.3 Å². The van der Waals surface area contributed by atoms with Crippen LogP contribution >= 0.6 is 23.1 Å². The van der Waals surface area contributed by atoms with Crippen LogP contribution in [0.1, 0.15) is 5.01 Å². The predicted molar refractivity (Wildman–Crippen MR) is 79.5 cm³/mol. The van der Waals surface area contributed by atoms with E-state index >= 15 is 0 Å². The number of aromatic hydroxyl groups is 1. The maximum absolute atomic E-state index is 9.84. The van der Waals surface area contributed by atoms with Crippen molar-refractivity contribution >= 4 is 39.0 Å². The summed E-state index contributed by atoms with van der Waals surface area (Å²) < 4.78 is 0. The molecule has 0 saturated heterocycles. The van der Waals surface area contributed by atoms with Crippen molar-refractivity contribution in [3.63, 3.8) is 0 Å². The molecule has 0 atom stereocenters. The number of thioether (sulfide) groups is 1. The molecule has 0 bridgehead atoms. The molecule has 3 aromatic rings. The molecule has 0 spiro atoms. The molecule has 0 aliphatic carbocycles. The summed E-state index contributed by atoms with van der Waals surface area (Å²) in [4.78, 5) is 1.11. The molecule has 4 nitrogen and oxygen atoms in total. The first-order valence-electron chi connectivity index (χ1n) is 5.65. The highest BCUT2D eigenvalue weighted by atomic mass is 32.2. The molecule has 3 N–H and O–H groups in total. The molecule has 2 aromatic carbocycles. The topological polar surface area (TPSA) is 72.0 Å². The summed E-state index contributed by atoms with van der Waals surface area (Å²) in [5, 5.41) is 20.9. The summed E-state index contributed by atoms with van der Waals surface area (Å²) >= 11 is 3.07. The number of nitrogens with two attached hydrogens (primary N) is 1. The number of phenolic OH excluding ortho intramolecular Hbond substituents is 1. The number of nitrogen functional groups attached to an aromatic ring is 1. The highest BCUT2D eigenvalue weighted by Crippen LogP contribution is 2.35. The molecule has 1 aromatic heterocycles. The largest absolute Gasteiger partial charge is 0.507 e. The highest BCUT2D eigenvalue weighted by molar-refractivity contribution is 7.98. The molecular formula is C13H11N3OS2. The Bertz CT molecular complexity index is 727. The van der Waals surface area contributed by atoms with Crippen LogP contribution < -0.4 is 5.73 Å². The lowest BCUT2D eigenvalue weighted by Gasteiger charge is -2.06. The van der Waals surface area contributed by atoms with Crippen LogP contribution in [0.15, 0.2) is 41.3 Å². The van der Waals surface area contributed by atoms with Crippen LogP contribution in [0.5, 0.6) is 5.75 Å². The third-order valence-corrected chi connectivity index (χ3v) is 4.71. The number of aromatic nitrogens is 2. The van der Waals surface area contributed by atoms with E-state index in [2.05, 4.69) is 10.2 Å². The van der Waals surface area contributed by atoms with Crippen LogP contribution in [-0.4, -0.2) is 15.3 Å². The van der Waals surface area contributed by atoms with E-state index < -0.39 is 0 Å². The normalized spacial score (nSPS) is 10.9. The van der Waals surface area contributed by atoms with Crippen molar-refractivity contribution < 1.29 is 5.11 Å². The lowest BCUT2D eigenvalue weighted by molar-refractivity contribution is 0.481. The Morgan fingerprint density at radius 2 is 1.89 bits per heavy atom. The summed E-state index contributed by atoms with van der Waals surface area (Å²) in [6.07, 6.45) is 0. The fraction of sp³-hybridized carbons (Fsp3) is 0.0769. The van der Waals surface area contributed by atoms with Gasteiger partial charge in [-0.2, -0.15) is 0 Å². The minimum absolute atomic E-state index is 0.306. The average Bonchev–Trinajstić information content (AvgIpc) is 2.84. The van der Waals surface area contributed by atoms with Gasteiger partial charge >= 0.3 is 0 Å². The van der Waals surface area contributed by atoms with Crippen molar-refractivity contribution in [2.75, 3.05) is 5.73 Å². The van der Waals surface area contributed by atoms with Crippen molar-refractivity contribution in [3.05, 3.63) is 41.4 Å². The number of phenols is 1. The Labute approximate surface area is 118 Å². The van der Waals surface area contributed by atoms with Crippen LogP contribution in [0.25, 0.3) is 10.8 Å². The Balaban J connectivity index is 1.91. The highest BCUT2D eigenvalue weighted by Gasteiger charge is 2.07. The van der Waals surface area contributed by atoms with Gasteiger partial charge in [0.25, 0.3) is 0 Å². The van der Waals surface area contributed by atoms with E-state index in [1.807, 2.05) is 30.3 Å². The van der Waals surface area contributed by atoms with Crippen LogP contribution in [0.2, 0.25) is 0 Å². The second-order valence-electron chi connectivity index (χ2n) is 3.95. The van der Waals surface area contributed by atoms with Gasteiger partial charge in [-0.3, -0.25) is 0 Å². The molecule has 1 heterocycles. The number of anilines is 1. The fourth-order valence-electron chi connectivity index (χ4n) is 1.85. The fourth-order valence-corrected chi connectivity index (χ4v) is 3.50. The molecule has 0 unspecified atom stereocenters. The van der Waals surface area contributed by atoms with Crippen molar-refractivity contribution in [3.8, 4) is 5.75 Å². The molecule has 19 heavy (non-hydrogen) atoms. The number of rotatable bonds is 3. The van der Waals surface area contributed by atoms with Crippen LogP contribution in [0.3, 0.4) is 0 Å². The Morgan fingerprint density at radius 1 is 1.11 bits per heavy atom. The zero-order chi connectivity index (χ0) is 13.2. The molecular weight excluding hydrogens is 278 g/mol. The average molecular weight is 289 g/mol. The number of benzene rings is 2. The second-order valence-corrected chi connectivity index (χ2v) is 6.06. The predicted octanol–water partition coefficient (Wildman–Crippen LogP) is 3.27. The summed E-state index contributed by atoms with van der Waals surface area (Å²) in [5.74, 6) is 1.03. The van der Waals surface area contributed by atoms with Gasteiger partial charge in [0.2, 0.25) is 5.13 Å². The van der Waals surface area contributed by atoms with Gasteiger partial charge in [0.05, 0.1) is 5.75 Å².